The Hall–Kier alpha value is -1.50. The van der Waals surface area contributed by atoms with Crippen LogP contribution in [0.3, 0.4) is 0 Å². The lowest BCUT2D eigenvalue weighted by atomic mass is 9.83. The summed E-state index contributed by atoms with van der Waals surface area (Å²) in [6, 6.07) is 10.8. The maximum atomic E-state index is 5.68. The summed E-state index contributed by atoms with van der Waals surface area (Å²) >= 11 is 0. The molecule has 0 fully saturated rings. The Morgan fingerprint density at radius 2 is 1.88 bits per heavy atom. The molecule has 0 amide bonds. The van der Waals surface area contributed by atoms with Gasteiger partial charge in [0.15, 0.2) is 0 Å². The molecule has 1 heterocycles. The van der Waals surface area contributed by atoms with Crippen molar-refractivity contribution in [3.05, 3.63) is 41.5 Å². The molecule has 1 heteroatoms. The number of rotatable bonds is 0. The Balaban J connectivity index is 2.43. The zero-order chi connectivity index (χ0) is 11.3. The smallest absolute Gasteiger partial charge is 0.128 e. The average Bonchev–Trinajstić information content (AvgIpc) is 2.63. The molecule has 0 saturated carbocycles. The molecule has 0 radical (unpaired) electrons. The van der Waals surface area contributed by atoms with Gasteiger partial charge in [0.1, 0.15) is 12.4 Å². The van der Waals surface area contributed by atoms with Crippen LogP contribution < -0.4 is 4.74 Å². The predicted molar refractivity (Wildman–Crippen MR) is 67.0 cm³/mol. The molecule has 0 atom stereocenters. The van der Waals surface area contributed by atoms with Gasteiger partial charge in [-0.1, -0.05) is 45.0 Å². The second-order valence-corrected chi connectivity index (χ2v) is 5.49. The zero-order valence-electron chi connectivity index (χ0n) is 10.0. The molecule has 1 aliphatic heterocycles. The van der Waals surface area contributed by atoms with Gasteiger partial charge in [0.05, 0.1) is 0 Å². The predicted octanol–water partition coefficient (Wildman–Crippen LogP) is 4.03. The standard InChI is InChI=1S/C15H16O/c1-15(2,3)12-8-7-10-9-16-13-6-4-5-11(12)14(10)13/h4-8H,9H2,1-3H3. The molecular formula is C15H16O. The lowest BCUT2D eigenvalue weighted by Crippen LogP contribution is -2.11. The summed E-state index contributed by atoms with van der Waals surface area (Å²) in [5.41, 5.74) is 2.90. The van der Waals surface area contributed by atoms with Crippen molar-refractivity contribution in [2.45, 2.75) is 32.8 Å². The molecule has 3 rings (SSSR count). The molecule has 1 nitrogen and oxygen atoms in total. The third-order valence-corrected chi connectivity index (χ3v) is 3.28. The zero-order valence-corrected chi connectivity index (χ0v) is 10.0. The van der Waals surface area contributed by atoms with E-state index >= 15 is 0 Å². The second-order valence-electron chi connectivity index (χ2n) is 5.49. The van der Waals surface area contributed by atoms with E-state index in [0.717, 1.165) is 12.4 Å². The van der Waals surface area contributed by atoms with Crippen molar-refractivity contribution < 1.29 is 4.74 Å². The highest BCUT2D eigenvalue weighted by Crippen LogP contribution is 2.39. The van der Waals surface area contributed by atoms with Crippen LogP contribution in [0.1, 0.15) is 31.9 Å². The fourth-order valence-corrected chi connectivity index (χ4v) is 2.49. The number of ether oxygens (including phenoxy) is 1. The first-order valence-corrected chi connectivity index (χ1v) is 5.75. The van der Waals surface area contributed by atoms with Gasteiger partial charge in [-0.2, -0.15) is 0 Å². The van der Waals surface area contributed by atoms with Crippen LogP contribution in [0, 0.1) is 0 Å². The van der Waals surface area contributed by atoms with Gasteiger partial charge in [-0.25, -0.2) is 0 Å². The van der Waals surface area contributed by atoms with Gasteiger partial charge in [-0.05, 0) is 22.4 Å². The maximum absolute atomic E-state index is 5.68. The number of hydrogen-bond acceptors (Lipinski definition) is 1. The minimum Gasteiger partial charge on any atom is -0.488 e. The van der Waals surface area contributed by atoms with Crippen LogP contribution in [-0.2, 0) is 12.0 Å². The van der Waals surface area contributed by atoms with Crippen LogP contribution >= 0.6 is 0 Å². The molecule has 16 heavy (non-hydrogen) atoms. The van der Waals surface area contributed by atoms with E-state index in [1.807, 2.05) is 0 Å². The Bertz CT molecular complexity index is 551. The van der Waals surface area contributed by atoms with E-state index in [9.17, 15) is 0 Å². The van der Waals surface area contributed by atoms with Crippen molar-refractivity contribution >= 4 is 10.8 Å². The highest BCUT2D eigenvalue weighted by molar-refractivity contribution is 5.95. The fraction of sp³-hybridized carbons (Fsp3) is 0.333. The van der Waals surface area contributed by atoms with Crippen LogP contribution in [0.5, 0.6) is 5.75 Å². The summed E-state index contributed by atoms with van der Waals surface area (Å²) in [6.07, 6.45) is 0. The Kier molecular flexibility index (Phi) is 1.82. The summed E-state index contributed by atoms with van der Waals surface area (Å²) in [4.78, 5) is 0. The van der Waals surface area contributed by atoms with E-state index in [4.69, 9.17) is 4.74 Å². The van der Waals surface area contributed by atoms with Crippen molar-refractivity contribution in [2.75, 3.05) is 0 Å². The average molecular weight is 212 g/mol. The lowest BCUT2D eigenvalue weighted by molar-refractivity contribution is 0.327. The quantitative estimate of drug-likeness (QED) is 0.640. The topological polar surface area (TPSA) is 9.23 Å². The van der Waals surface area contributed by atoms with Gasteiger partial charge in [-0.15, -0.1) is 0 Å². The SMILES string of the molecule is CC(C)(C)c1ccc2c3c(cccc13)OC2. The van der Waals surface area contributed by atoms with Gasteiger partial charge in [0.25, 0.3) is 0 Å². The number of benzene rings is 2. The van der Waals surface area contributed by atoms with Gasteiger partial charge in [0, 0.05) is 10.9 Å². The van der Waals surface area contributed by atoms with E-state index in [2.05, 4.69) is 51.1 Å². The highest BCUT2D eigenvalue weighted by atomic mass is 16.5. The highest BCUT2D eigenvalue weighted by Gasteiger charge is 2.22. The molecule has 0 aromatic heterocycles. The second kappa shape index (κ2) is 3.00. The van der Waals surface area contributed by atoms with Crippen LogP contribution in [0.15, 0.2) is 30.3 Å². The van der Waals surface area contributed by atoms with E-state index in [1.165, 1.54) is 21.9 Å². The van der Waals surface area contributed by atoms with E-state index < -0.39 is 0 Å². The van der Waals surface area contributed by atoms with E-state index in [1.54, 1.807) is 0 Å². The summed E-state index contributed by atoms with van der Waals surface area (Å²) in [5, 5.41) is 2.66. The van der Waals surface area contributed by atoms with Crippen molar-refractivity contribution in [1.82, 2.24) is 0 Å². The third-order valence-electron chi connectivity index (χ3n) is 3.28. The number of hydrogen-bond donors (Lipinski definition) is 0. The minimum atomic E-state index is 0.180. The molecule has 2 aromatic carbocycles. The van der Waals surface area contributed by atoms with Gasteiger partial charge >= 0.3 is 0 Å². The van der Waals surface area contributed by atoms with Crippen LogP contribution in [0.25, 0.3) is 10.8 Å². The first-order chi connectivity index (χ1) is 7.57. The molecule has 0 N–H and O–H groups in total. The van der Waals surface area contributed by atoms with E-state index in [0.29, 0.717) is 0 Å². The van der Waals surface area contributed by atoms with Crippen LogP contribution in [0.2, 0.25) is 0 Å². The van der Waals surface area contributed by atoms with Crippen molar-refractivity contribution in [3.63, 3.8) is 0 Å². The minimum absolute atomic E-state index is 0.180. The molecule has 0 aliphatic carbocycles. The summed E-state index contributed by atoms with van der Waals surface area (Å²) in [5.74, 6) is 1.04. The molecular weight excluding hydrogens is 196 g/mol. The van der Waals surface area contributed by atoms with Crippen molar-refractivity contribution in [1.29, 1.82) is 0 Å². The fourth-order valence-electron chi connectivity index (χ4n) is 2.49. The lowest BCUT2D eigenvalue weighted by Gasteiger charge is -2.21. The first-order valence-electron chi connectivity index (χ1n) is 5.75. The Morgan fingerprint density at radius 3 is 2.62 bits per heavy atom. The monoisotopic (exact) mass is 212 g/mol. The summed E-state index contributed by atoms with van der Waals surface area (Å²) in [6.45, 7) is 7.49. The largest absolute Gasteiger partial charge is 0.488 e. The molecule has 0 saturated heterocycles. The summed E-state index contributed by atoms with van der Waals surface area (Å²) in [7, 11) is 0. The molecule has 0 unspecified atom stereocenters. The van der Waals surface area contributed by atoms with Crippen molar-refractivity contribution in [3.8, 4) is 5.75 Å². The van der Waals surface area contributed by atoms with Gasteiger partial charge in [-0.3, -0.25) is 0 Å². The van der Waals surface area contributed by atoms with Gasteiger partial charge < -0.3 is 4.74 Å². The van der Waals surface area contributed by atoms with Crippen LogP contribution in [0.4, 0.5) is 0 Å². The maximum Gasteiger partial charge on any atom is 0.128 e. The molecule has 0 bridgehead atoms. The van der Waals surface area contributed by atoms with Gasteiger partial charge in [0.2, 0.25) is 0 Å². The first kappa shape index (κ1) is 9.71. The molecule has 2 aromatic rings. The Morgan fingerprint density at radius 1 is 1.06 bits per heavy atom. The van der Waals surface area contributed by atoms with E-state index in [-0.39, 0.29) is 5.41 Å². The molecule has 0 spiro atoms. The summed E-state index contributed by atoms with van der Waals surface area (Å²) < 4.78 is 5.68. The van der Waals surface area contributed by atoms with Crippen LogP contribution in [-0.4, -0.2) is 0 Å². The Labute approximate surface area is 96.0 Å². The van der Waals surface area contributed by atoms with Crippen molar-refractivity contribution in [2.24, 2.45) is 0 Å². The normalized spacial score (nSPS) is 14.2. The molecule has 1 aliphatic rings. The molecule has 82 valence electrons. The third kappa shape index (κ3) is 1.24.